The Morgan fingerprint density at radius 3 is 2.35 bits per heavy atom. The van der Waals surface area contributed by atoms with Crippen molar-refractivity contribution >= 4 is 11.7 Å². The van der Waals surface area contributed by atoms with Crippen LogP contribution < -0.4 is 4.90 Å². The van der Waals surface area contributed by atoms with Gasteiger partial charge in [-0.15, -0.1) is 0 Å². The lowest BCUT2D eigenvalue weighted by Crippen LogP contribution is -2.33. The van der Waals surface area contributed by atoms with Crippen molar-refractivity contribution in [2.45, 2.75) is 13.1 Å². The normalized spacial score (nSPS) is 22.8. The summed E-state index contributed by atoms with van der Waals surface area (Å²) in [6, 6.07) is 4.24. The molecular formula is C18H18F3N3O2. The quantitative estimate of drug-likeness (QED) is 0.820. The number of fused-ring (bicyclic) bond motifs is 1. The first-order valence-electron chi connectivity index (χ1n) is 8.44. The summed E-state index contributed by atoms with van der Waals surface area (Å²) < 4.78 is 43.2. The number of aromatic nitrogens is 1. The maximum absolute atomic E-state index is 12.6. The van der Waals surface area contributed by atoms with Crippen molar-refractivity contribution < 1.29 is 22.4 Å². The molecule has 4 heterocycles. The van der Waals surface area contributed by atoms with Gasteiger partial charge in [-0.05, 0) is 25.1 Å². The van der Waals surface area contributed by atoms with Crippen LogP contribution in [0.2, 0.25) is 0 Å². The number of hydrogen-bond donors (Lipinski definition) is 0. The minimum atomic E-state index is -4.38. The van der Waals surface area contributed by atoms with E-state index in [1.54, 1.807) is 11.0 Å². The second kappa shape index (κ2) is 6.03. The van der Waals surface area contributed by atoms with Gasteiger partial charge in [0.05, 0.1) is 11.8 Å². The number of rotatable bonds is 2. The van der Waals surface area contributed by atoms with Gasteiger partial charge in [-0.1, -0.05) is 0 Å². The number of pyridine rings is 1. The number of halogens is 3. The van der Waals surface area contributed by atoms with Gasteiger partial charge in [-0.25, -0.2) is 4.98 Å². The fourth-order valence-electron chi connectivity index (χ4n) is 3.82. The van der Waals surface area contributed by atoms with E-state index in [1.807, 2.05) is 11.8 Å². The maximum Gasteiger partial charge on any atom is 0.417 e. The first-order chi connectivity index (χ1) is 12.3. The minimum Gasteiger partial charge on any atom is -0.459 e. The van der Waals surface area contributed by atoms with Gasteiger partial charge >= 0.3 is 6.18 Å². The predicted octanol–water partition coefficient (Wildman–Crippen LogP) is 3.21. The number of carbonyl (C=O) groups is 1. The molecule has 2 unspecified atom stereocenters. The molecule has 138 valence electrons. The molecule has 0 radical (unpaired) electrons. The van der Waals surface area contributed by atoms with Crippen LogP contribution in [0.5, 0.6) is 0 Å². The van der Waals surface area contributed by atoms with Crippen LogP contribution in [0, 0.1) is 18.8 Å². The SMILES string of the molecule is Cc1ccoc1C(=O)N1CC2CN(c3ccc(C(F)(F)F)cn3)CC2C1. The molecule has 0 spiro atoms. The Morgan fingerprint density at radius 1 is 1.15 bits per heavy atom. The van der Waals surface area contributed by atoms with Crippen molar-refractivity contribution in [2.75, 3.05) is 31.1 Å². The van der Waals surface area contributed by atoms with E-state index in [9.17, 15) is 18.0 Å². The molecule has 2 aliphatic rings. The molecule has 26 heavy (non-hydrogen) atoms. The third-order valence-electron chi connectivity index (χ3n) is 5.23. The number of aryl methyl sites for hydroxylation is 1. The van der Waals surface area contributed by atoms with Crippen molar-refractivity contribution in [2.24, 2.45) is 11.8 Å². The van der Waals surface area contributed by atoms with Crippen molar-refractivity contribution in [3.05, 3.63) is 47.5 Å². The Morgan fingerprint density at radius 2 is 1.85 bits per heavy atom. The topological polar surface area (TPSA) is 49.6 Å². The third-order valence-corrected chi connectivity index (χ3v) is 5.23. The van der Waals surface area contributed by atoms with Gasteiger partial charge < -0.3 is 14.2 Å². The Labute approximate surface area is 148 Å². The monoisotopic (exact) mass is 365 g/mol. The molecule has 0 aliphatic carbocycles. The summed E-state index contributed by atoms with van der Waals surface area (Å²) in [6.07, 6.45) is -1.99. The zero-order chi connectivity index (χ0) is 18.5. The van der Waals surface area contributed by atoms with Crippen LogP contribution in [0.3, 0.4) is 0 Å². The molecule has 0 bridgehead atoms. The highest BCUT2D eigenvalue weighted by Gasteiger charge is 2.43. The van der Waals surface area contributed by atoms with Gasteiger partial charge in [-0.2, -0.15) is 13.2 Å². The summed E-state index contributed by atoms with van der Waals surface area (Å²) in [4.78, 5) is 20.3. The Bertz CT molecular complexity index is 802. The zero-order valence-corrected chi connectivity index (χ0v) is 14.2. The minimum absolute atomic E-state index is 0.0962. The number of furan rings is 1. The van der Waals surface area contributed by atoms with Crippen molar-refractivity contribution in [1.82, 2.24) is 9.88 Å². The van der Waals surface area contributed by atoms with E-state index < -0.39 is 11.7 Å². The fourth-order valence-corrected chi connectivity index (χ4v) is 3.82. The lowest BCUT2D eigenvalue weighted by atomic mass is 10.0. The molecule has 2 saturated heterocycles. The van der Waals surface area contributed by atoms with Gasteiger partial charge in [0.2, 0.25) is 0 Å². The number of hydrogen-bond acceptors (Lipinski definition) is 4. The lowest BCUT2D eigenvalue weighted by molar-refractivity contribution is -0.137. The predicted molar refractivity (Wildman–Crippen MR) is 87.8 cm³/mol. The highest BCUT2D eigenvalue weighted by atomic mass is 19.4. The molecule has 0 N–H and O–H groups in total. The van der Waals surface area contributed by atoms with Gasteiger partial charge in [-0.3, -0.25) is 4.79 Å². The highest BCUT2D eigenvalue weighted by molar-refractivity contribution is 5.93. The molecule has 2 aromatic heterocycles. The van der Waals surface area contributed by atoms with Gasteiger partial charge in [0.15, 0.2) is 5.76 Å². The van der Waals surface area contributed by atoms with Crippen molar-refractivity contribution in [1.29, 1.82) is 0 Å². The van der Waals surface area contributed by atoms with Crippen LogP contribution in [0.4, 0.5) is 19.0 Å². The molecule has 2 atom stereocenters. The highest BCUT2D eigenvalue weighted by Crippen LogP contribution is 2.35. The van der Waals surface area contributed by atoms with Gasteiger partial charge in [0, 0.05) is 49.8 Å². The summed E-state index contributed by atoms with van der Waals surface area (Å²) >= 11 is 0. The number of anilines is 1. The van der Waals surface area contributed by atoms with Crippen LogP contribution in [0.15, 0.2) is 35.1 Å². The number of carbonyl (C=O) groups excluding carboxylic acids is 1. The average molecular weight is 365 g/mol. The molecule has 0 aromatic carbocycles. The number of likely N-dealkylation sites (tertiary alicyclic amines) is 1. The van der Waals surface area contributed by atoms with E-state index in [2.05, 4.69) is 4.98 Å². The summed E-state index contributed by atoms with van der Waals surface area (Å²) in [5, 5.41) is 0. The smallest absolute Gasteiger partial charge is 0.417 e. The molecule has 5 nitrogen and oxygen atoms in total. The lowest BCUT2D eigenvalue weighted by Gasteiger charge is -2.22. The van der Waals surface area contributed by atoms with E-state index in [1.165, 1.54) is 12.3 Å². The molecule has 2 aliphatic heterocycles. The Hall–Kier alpha value is -2.51. The van der Waals surface area contributed by atoms with Crippen LogP contribution in [-0.2, 0) is 6.18 Å². The molecule has 4 rings (SSSR count). The standard InChI is InChI=1S/C18H18F3N3O2/c1-11-4-5-26-16(11)17(25)24-9-12-7-23(8-13(12)10-24)15-3-2-14(6-22-15)18(19,20)21/h2-6,12-13H,7-10H2,1H3. The summed E-state index contributed by atoms with van der Waals surface area (Å²) in [6.45, 7) is 4.46. The van der Waals surface area contributed by atoms with Crippen LogP contribution in [0.25, 0.3) is 0 Å². The number of amides is 1. The van der Waals surface area contributed by atoms with Crippen LogP contribution >= 0.6 is 0 Å². The second-order valence-corrected chi connectivity index (χ2v) is 6.97. The third kappa shape index (κ3) is 2.93. The van der Waals surface area contributed by atoms with E-state index in [0.717, 1.165) is 17.8 Å². The molecule has 8 heteroatoms. The van der Waals surface area contributed by atoms with E-state index >= 15 is 0 Å². The van der Waals surface area contributed by atoms with Crippen molar-refractivity contribution in [3.63, 3.8) is 0 Å². The first kappa shape index (κ1) is 16.9. The molecule has 1 amide bonds. The molecular weight excluding hydrogens is 347 g/mol. The Balaban J connectivity index is 1.41. The average Bonchev–Trinajstić information content (AvgIpc) is 3.27. The molecule has 0 saturated carbocycles. The van der Waals surface area contributed by atoms with Crippen LogP contribution in [-0.4, -0.2) is 42.0 Å². The van der Waals surface area contributed by atoms with Crippen LogP contribution in [0.1, 0.15) is 21.7 Å². The van der Waals surface area contributed by atoms with Crippen molar-refractivity contribution in [3.8, 4) is 0 Å². The largest absolute Gasteiger partial charge is 0.459 e. The first-order valence-corrected chi connectivity index (χ1v) is 8.44. The van der Waals surface area contributed by atoms with E-state index in [-0.39, 0.29) is 5.91 Å². The molecule has 2 fully saturated rings. The van der Waals surface area contributed by atoms with E-state index in [4.69, 9.17) is 4.42 Å². The fraction of sp³-hybridized carbons (Fsp3) is 0.444. The van der Waals surface area contributed by atoms with E-state index in [0.29, 0.717) is 49.6 Å². The summed E-state index contributed by atoms with van der Waals surface area (Å²) in [5.41, 5.74) is 0.0777. The summed E-state index contributed by atoms with van der Waals surface area (Å²) in [7, 11) is 0. The second-order valence-electron chi connectivity index (χ2n) is 6.97. The summed E-state index contributed by atoms with van der Waals surface area (Å²) in [5.74, 6) is 1.41. The van der Waals surface area contributed by atoms with Gasteiger partial charge in [0.1, 0.15) is 5.82 Å². The number of nitrogens with zero attached hydrogens (tertiary/aromatic N) is 3. The Kier molecular flexibility index (Phi) is 3.93. The molecule has 2 aromatic rings. The zero-order valence-electron chi connectivity index (χ0n) is 14.2. The number of alkyl halides is 3. The van der Waals surface area contributed by atoms with Gasteiger partial charge in [0.25, 0.3) is 5.91 Å². The maximum atomic E-state index is 12.6.